The molecule has 3 rings (SSSR count). The fourth-order valence-corrected chi connectivity index (χ4v) is 3.22. The summed E-state index contributed by atoms with van der Waals surface area (Å²) < 4.78 is 24.4. The van der Waals surface area contributed by atoms with Crippen molar-refractivity contribution in [1.82, 2.24) is 4.98 Å². The van der Waals surface area contributed by atoms with Crippen molar-refractivity contribution in [1.29, 1.82) is 0 Å². The topological polar surface area (TPSA) is 60.5 Å². The molecule has 0 aliphatic heterocycles. The fraction of sp³-hybridized carbons (Fsp3) is 0.368. The van der Waals surface area contributed by atoms with Crippen LogP contribution in [0.1, 0.15) is 36.0 Å². The Balaban J connectivity index is 1.93. The van der Waals surface area contributed by atoms with E-state index >= 15 is 0 Å². The van der Waals surface area contributed by atoms with Gasteiger partial charge in [-0.15, -0.1) is 0 Å². The molecule has 1 heterocycles. The number of nitrogens with one attached hydrogen (secondary N) is 1. The quantitative estimate of drug-likeness (QED) is 0.830. The van der Waals surface area contributed by atoms with Gasteiger partial charge in [0.2, 0.25) is 0 Å². The summed E-state index contributed by atoms with van der Waals surface area (Å²) in [6.07, 6.45) is 6.34. The highest BCUT2D eigenvalue weighted by atomic mass is 19.1. The van der Waals surface area contributed by atoms with Crippen molar-refractivity contribution in [2.75, 3.05) is 19.5 Å². The third-order valence-electron chi connectivity index (χ3n) is 4.48. The number of rotatable bonds is 5. The molecule has 0 saturated heterocycles. The lowest BCUT2D eigenvalue weighted by molar-refractivity contribution is 0.0597. The van der Waals surface area contributed by atoms with Crippen LogP contribution in [0.3, 0.4) is 0 Å². The van der Waals surface area contributed by atoms with Gasteiger partial charge < -0.3 is 14.8 Å². The van der Waals surface area contributed by atoms with Crippen LogP contribution in [0.4, 0.5) is 10.2 Å². The van der Waals surface area contributed by atoms with Gasteiger partial charge in [-0.1, -0.05) is 12.8 Å². The first-order valence-electron chi connectivity index (χ1n) is 8.31. The first-order valence-corrected chi connectivity index (χ1v) is 8.31. The van der Waals surface area contributed by atoms with E-state index < -0.39 is 11.8 Å². The number of halogens is 1. The fourth-order valence-electron chi connectivity index (χ4n) is 3.22. The molecule has 0 amide bonds. The molecule has 1 N–H and O–H groups in total. The Bertz CT molecular complexity index is 756. The maximum atomic E-state index is 14.4. The van der Waals surface area contributed by atoms with Crippen molar-refractivity contribution in [3.8, 4) is 16.9 Å². The minimum Gasteiger partial charge on any atom is -0.495 e. The summed E-state index contributed by atoms with van der Waals surface area (Å²) in [5.74, 6) is -0.155. The highest BCUT2D eigenvalue weighted by molar-refractivity contribution is 5.95. The molecule has 6 heteroatoms. The molecule has 25 heavy (non-hydrogen) atoms. The van der Waals surface area contributed by atoms with E-state index in [9.17, 15) is 9.18 Å². The highest BCUT2D eigenvalue weighted by Crippen LogP contribution is 2.36. The van der Waals surface area contributed by atoms with Gasteiger partial charge in [-0.25, -0.2) is 14.2 Å². The molecular formula is C19H21FN2O3. The first-order chi connectivity index (χ1) is 12.1. The van der Waals surface area contributed by atoms with Crippen LogP contribution in [0.15, 0.2) is 30.5 Å². The zero-order valence-electron chi connectivity index (χ0n) is 14.3. The van der Waals surface area contributed by atoms with Crippen LogP contribution in [0.2, 0.25) is 0 Å². The monoisotopic (exact) mass is 344 g/mol. The molecule has 1 aliphatic carbocycles. The number of methoxy groups -OCH3 is 2. The van der Waals surface area contributed by atoms with Crippen LogP contribution in [0, 0.1) is 5.82 Å². The molecule has 0 bridgehead atoms. The van der Waals surface area contributed by atoms with Crippen LogP contribution < -0.4 is 10.1 Å². The summed E-state index contributed by atoms with van der Waals surface area (Å²) >= 11 is 0. The zero-order valence-corrected chi connectivity index (χ0v) is 14.3. The van der Waals surface area contributed by atoms with Gasteiger partial charge in [-0.2, -0.15) is 0 Å². The molecule has 0 radical (unpaired) electrons. The lowest BCUT2D eigenvalue weighted by Gasteiger charge is -2.15. The second-order valence-corrected chi connectivity index (χ2v) is 6.05. The summed E-state index contributed by atoms with van der Waals surface area (Å²) in [6, 6.07) is 6.62. The molecule has 1 aromatic carbocycles. The molecule has 1 saturated carbocycles. The van der Waals surface area contributed by atoms with Gasteiger partial charge in [-0.05, 0) is 37.1 Å². The molecule has 0 atom stereocenters. The summed E-state index contributed by atoms with van der Waals surface area (Å²) in [5, 5.41) is 3.39. The van der Waals surface area contributed by atoms with E-state index in [1.807, 2.05) is 6.07 Å². The predicted octanol–water partition coefficient (Wildman–Crippen LogP) is 4.04. The molecule has 0 unspecified atom stereocenters. The van der Waals surface area contributed by atoms with Crippen LogP contribution in [-0.4, -0.2) is 31.2 Å². The van der Waals surface area contributed by atoms with Gasteiger partial charge in [-0.3, -0.25) is 0 Å². The summed E-state index contributed by atoms with van der Waals surface area (Å²) in [6.45, 7) is 0. The molecular weight excluding hydrogens is 323 g/mol. The van der Waals surface area contributed by atoms with E-state index in [0.717, 1.165) is 18.7 Å². The Labute approximate surface area is 146 Å². The van der Waals surface area contributed by atoms with Crippen molar-refractivity contribution >= 4 is 11.8 Å². The number of anilines is 1. The van der Waals surface area contributed by atoms with Crippen molar-refractivity contribution in [3.05, 3.63) is 41.8 Å². The number of carbonyl (C=O) groups is 1. The van der Waals surface area contributed by atoms with Gasteiger partial charge in [0.1, 0.15) is 22.9 Å². The summed E-state index contributed by atoms with van der Waals surface area (Å²) in [5.41, 5.74) is 0.914. The predicted molar refractivity (Wildman–Crippen MR) is 93.4 cm³/mol. The summed E-state index contributed by atoms with van der Waals surface area (Å²) in [7, 11) is 2.67. The molecule has 1 aliphatic rings. The number of aromatic nitrogens is 1. The van der Waals surface area contributed by atoms with Gasteiger partial charge in [0.25, 0.3) is 0 Å². The Morgan fingerprint density at radius 1 is 1.20 bits per heavy atom. The Kier molecular flexibility index (Phi) is 5.16. The molecule has 132 valence electrons. The molecule has 1 fully saturated rings. The Hall–Kier alpha value is -2.63. The van der Waals surface area contributed by atoms with Crippen LogP contribution in [0.5, 0.6) is 5.75 Å². The summed E-state index contributed by atoms with van der Waals surface area (Å²) in [4.78, 5) is 16.3. The number of hydrogen-bond donors (Lipinski definition) is 1. The van der Waals surface area contributed by atoms with Crippen molar-refractivity contribution < 1.29 is 18.7 Å². The number of carbonyl (C=O) groups excluding carboxylic acids is 1. The third-order valence-corrected chi connectivity index (χ3v) is 4.48. The number of esters is 1. The van der Waals surface area contributed by atoms with Crippen LogP contribution in [0.25, 0.3) is 11.1 Å². The number of nitrogens with zero attached hydrogens (tertiary/aromatic N) is 1. The number of ether oxygens (including phenoxy) is 2. The van der Waals surface area contributed by atoms with Crippen molar-refractivity contribution in [2.45, 2.75) is 31.7 Å². The Morgan fingerprint density at radius 2 is 1.96 bits per heavy atom. The minimum absolute atomic E-state index is 0.144. The minimum atomic E-state index is -0.578. The number of pyridine rings is 1. The first kappa shape index (κ1) is 17.2. The van der Waals surface area contributed by atoms with E-state index in [2.05, 4.69) is 10.3 Å². The van der Waals surface area contributed by atoms with Gasteiger partial charge in [0, 0.05) is 17.8 Å². The SMILES string of the molecule is COC(=O)c1ccc(F)c(-c2ccc(NC3CCCC3)nc2)c1OC. The Morgan fingerprint density at radius 3 is 2.56 bits per heavy atom. The second kappa shape index (κ2) is 7.51. The normalized spacial score (nSPS) is 14.4. The van der Waals surface area contributed by atoms with E-state index in [1.54, 1.807) is 12.3 Å². The van der Waals surface area contributed by atoms with E-state index in [4.69, 9.17) is 9.47 Å². The lowest BCUT2D eigenvalue weighted by atomic mass is 10.0. The highest BCUT2D eigenvalue weighted by Gasteiger charge is 2.21. The van der Waals surface area contributed by atoms with E-state index in [-0.39, 0.29) is 16.9 Å². The van der Waals surface area contributed by atoms with Crippen LogP contribution in [-0.2, 0) is 4.74 Å². The lowest BCUT2D eigenvalue weighted by Crippen LogP contribution is -2.15. The zero-order chi connectivity index (χ0) is 17.8. The largest absolute Gasteiger partial charge is 0.495 e. The second-order valence-electron chi connectivity index (χ2n) is 6.05. The van der Waals surface area contributed by atoms with Gasteiger partial charge >= 0.3 is 5.97 Å². The van der Waals surface area contributed by atoms with E-state index in [0.29, 0.717) is 11.6 Å². The van der Waals surface area contributed by atoms with Gasteiger partial charge in [0.15, 0.2) is 0 Å². The molecule has 1 aromatic heterocycles. The van der Waals surface area contributed by atoms with Gasteiger partial charge in [0.05, 0.1) is 19.8 Å². The number of benzene rings is 1. The van der Waals surface area contributed by atoms with Crippen LogP contribution >= 0.6 is 0 Å². The maximum absolute atomic E-state index is 14.4. The van der Waals surface area contributed by atoms with E-state index in [1.165, 1.54) is 39.2 Å². The van der Waals surface area contributed by atoms with Crippen molar-refractivity contribution in [2.24, 2.45) is 0 Å². The molecule has 0 spiro atoms. The standard InChI is InChI=1S/C19H21FN2O3/c1-24-18-14(19(23)25-2)8-9-15(20)17(18)12-7-10-16(21-11-12)22-13-5-3-4-6-13/h7-11,13H,3-6H2,1-2H3,(H,21,22). The average Bonchev–Trinajstić information content (AvgIpc) is 3.14. The maximum Gasteiger partial charge on any atom is 0.341 e. The third kappa shape index (κ3) is 3.57. The molecule has 5 nitrogen and oxygen atoms in total. The smallest absolute Gasteiger partial charge is 0.341 e. The average molecular weight is 344 g/mol. The number of hydrogen-bond acceptors (Lipinski definition) is 5. The van der Waals surface area contributed by atoms with Crippen molar-refractivity contribution in [3.63, 3.8) is 0 Å². The molecule has 2 aromatic rings.